The molecule has 1 unspecified atom stereocenters. The molecule has 0 saturated heterocycles. The van der Waals surface area contributed by atoms with E-state index < -0.39 is 0 Å². The molecule has 1 N–H and O–H groups in total. The Morgan fingerprint density at radius 3 is 3.05 bits per heavy atom. The van der Waals surface area contributed by atoms with Gasteiger partial charge in [-0.2, -0.15) is 0 Å². The first kappa shape index (κ1) is 14.1. The molecule has 1 aliphatic rings. The monoisotopic (exact) mass is 301 g/mol. The largest absolute Gasteiger partial charge is 0.384 e. The second-order valence-electron chi connectivity index (χ2n) is 5.49. The molecule has 0 aliphatic carbocycles. The fraction of sp³-hybridized carbons (Fsp3) is 0.375. The number of carbonyl (C=O) groups excluding carboxylic acids is 1. The van der Waals surface area contributed by atoms with Crippen LogP contribution >= 0.6 is 11.3 Å². The Kier molecular flexibility index (Phi) is 3.92. The summed E-state index contributed by atoms with van der Waals surface area (Å²) in [7, 11) is 1.88. The van der Waals surface area contributed by atoms with E-state index in [1.165, 1.54) is 5.56 Å². The molecule has 0 saturated carbocycles. The lowest BCUT2D eigenvalue weighted by molar-refractivity contribution is -0.134. The van der Waals surface area contributed by atoms with Gasteiger partial charge in [0.2, 0.25) is 5.91 Å². The molecular formula is C16H19N3OS. The standard InChI is InChI=1S/C16H19N3OS/c1-11-15(21-10-18-11)9-19(2)16(20)13-7-12-5-3-4-6-14(12)17-8-13/h3-6,10,13,17H,7-9H2,1-2H3. The van der Waals surface area contributed by atoms with E-state index in [-0.39, 0.29) is 11.8 Å². The van der Waals surface area contributed by atoms with Crippen molar-refractivity contribution in [2.24, 2.45) is 5.92 Å². The van der Waals surface area contributed by atoms with Crippen LogP contribution in [0.2, 0.25) is 0 Å². The van der Waals surface area contributed by atoms with E-state index in [2.05, 4.69) is 22.4 Å². The highest BCUT2D eigenvalue weighted by atomic mass is 32.1. The summed E-state index contributed by atoms with van der Waals surface area (Å²) in [5, 5.41) is 3.36. The van der Waals surface area contributed by atoms with Gasteiger partial charge in [0.1, 0.15) is 0 Å². The van der Waals surface area contributed by atoms with Gasteiger partial charge in [0.15, 0.2) is 0 Å². The maximum atomic E-state index is 12.6. The number of thiazole rings is 1. The van der Waals surface area contributed by atoms with Gasteiger partial charge in [-0.15, -0.1) is 11.3 Å². The van der Waals surface area contributed by atoms with Crippen LogP contribution < -0.4 is 5.32 Å². The number of para-hydroxylation sites is 1. The summed E-state index contributed by atoms with van der Waals surface area (Å²) < 4.78 is 0. The number of benzene rings is 1. The average Bonchev–Trinajstić information content (AvgIpc) is 2.91. The molecule has 4 nitrogen and oxygen atoms in total. The van der Waals surface area contributed by atoms with Crippen molar-refractivity contribution in [3.05, 3.63) is 45.9 Å². The molecule has 2 aromatic rings. The lowest BCUT2D eigenvalue weighted by Crippen LogP contribution is -2.39. The number of carbonyl (C=O) groups is 1. The Morgan fingerprint density at radius 1 is 1.48 bits per heavy atom. The van der Waals surface area contributed by atoms with Gasteiger partial charge >= 0.3 is 0 Å². The fourth-order valence-corrected chi connectivity index (χ4v) is 3.53. The van der Waals surface area contributed by atoms with Crippen molar-refractivity contribution in [3.8, 4) is 0 Å². The molecule has 5 heteroatoms. The van der Waals surface area contributed by atoms with E-state index >= 15 is 0 Å². The zero-order valence-electron chi connectivity index (χ0n) is 12.3. The lowest BCUT2D eigenvalue weighted by Gasteiger charge is -2.28. The van der Waals surface area contributed by atoms with Crippen molar-refractivity contribution in [2.75, 3.05) is 18.9 Å². The third-order valence-electron chi connectivity index (χ3n) is 3.97. The van der Waals surface area contributed by atoms with Crippen molar-refractivity contribution in [3.63, 3.8) is 0 Å². The first-order valence-corrected chi connectivity index (χ1v) is 7.99. The molecule has 1 aromatic heterocycles. The molecule has 0 radical (unpaired) electrons. The van der Waals surface area contributed by atoms with Crippen LogP contribution in [0.1, 0.15) is 16.1 Å². The first-order chi connectivity index (χ1) is 10.1. The summed E-state index contributed by atoms with van der Waals surface area (Å²) in [6.45, 7) is 3.35. The lowest BCUT2D eigenvalue weighted by atomic mass is 9.93. The Hall–Kier alpha value is -1.88. The minimum absolute atomic E-state index is 0.0122. The minimum atomic E-state index is 0.0122. The maximum Gasteiger partial charge on any atom is 0.227 e. The Morgan fingerprint density at radius 2 is 2.29 bits per heavy atom. The first-order valence-electron chi connectivity index (χ1n) is 7.11. The summed E-state index contributed by atoms with van der Waals surface area (Å²) in [5.41, 5.74) is 5.24. The van der Waals surface area contributed by atoms with Gasteiger partial charge in [-0.05, 0) is 25.0 Å². The molecule has 1 aliphatic heterocycles. The minimum Gasteiger partial charge on any atom is -0.384 e. The molecule has 110 valence electrons. The third kappa shape index (κ3) is 2.93. The highest BCUT2D eigenvalue weighted by molar-refractivity contribution is 7.09. The van der Waals surface area contributed by atoms with Crippen LogP contribution in [0.15, 0.2) is 29.8 Å². The fourth-order valence-electron chi connectivity index (χ4n) is 2.70. The van der Waals surface area contributed by atoms with Gasteiger partial charge in [0, 0.05) is 24.2 Å². The molecule has 3 rings (SSSR count). The van der Waals surface area contributed by atoms with E-state index in [1.54, 1.807) is 11.3 Å². The van der Waals surface area contributed by atoms with Crippen molar-refractivity contribution in [1.29, 1.82) is 0 Å². The van der Waals surface area contributed by atoms with Crippen molar-refractivity contribution in [1.82, 2.24) is 9.88 Å². The summed E-state index contributed by atoms with van der Waals surface area (Å²) in [4.78, 5) is 19.8. The average molecular weight is 301 g/mol. The number of rotatable bonds is 3. The second kappa shape index (κ2) is 5.85. The summed E-state index contributed by atoms with van der Waals surface area (Å²) >= 11 is 1.61. The molecule has 0 bridgehead atoms. The van der Waals surface area contributed by atoms with Gasteiger partial charge in [-0.3, -0.25) is 4.79 Å². The van der Waals surface area contributed by atoms with Crippen LogP contribution in [0, 0.1) is 12.8 Å². The quantitative estimate of drug-likeness (QED) is 0.948. The number of aromatic nitrogens is 1. The van der Waals surface area contributed by atoms with E-state index in [9.17, 15) is 4.79 Å². The van der Waals surface area contributed by atoms with Gasteiger partial charge in [0.05, 0.1) is 23.7 Å². The molecule has 1 amide bonds. The van der Waals surface area contributed by atoms with Gasteiger partial charge in [0.25, 0.3) is 0 Å². The maximum absolute atomic E-state index is 12.6. The molecule has 1 aromatic carbocycles. The number of fused-ring (bicyclic) bond motifs is 1. The zero-order valence-corrected chi connectivity index (χ0v) is 13.1. The Balaban J connectivity index is 1.67. The second-order valence-corrected chi connectivity index (χ2v) is 6.43. The predicted octanol–water partition coefficient (Wildman–Crippen LogP) is 2.69. The van der Waals surface area contributed by atoms with Gasteiger partial charge in [-0.25, -0.2) is 4.98 Å². The van der Waals surface area contributed by atoms with Gasteiger partial charge < -0.3 is 10.2 Å². The number of hydrogen-bond acceptors (Lipinski definition) is 4. The van der Waals surface area contributed by atoms with Crippen LogP contribution in [0.4, 0.5) is 5.69 Å². The predicted molar refractivity (Wildman–Crippen MR) is 85.5 cm³/mol. The van der Waals surface area contributed by atoms with Crippen LogP contribution in [-0.4, -0.2) is 29.4 Å². The van der Waals surface area contributed by atoms with Crippen LogP contribution in [0.3, 0.4) is 0 Å². The molecule has 21 heavy (non-hydrogen) atoms. The highest BCUT2D eigenvalue weighted by Crippen LogP contribution is 2.25. The van der Waals surface area contributed by atoms with Crippen molar-refractivity contribution < 1.29 is 4.79 Å². The number of anilines is 1. The van der Waals surface area contributed by atoms with E-state index in [1.807, 2.05) is 36.5 Å². The van der Waals surface area contributed by atoms with Crippen LogP contribution in [0.5, 0.6) is 0 Å². The Labute approximate surface area is 128 Å². The number of hydrogen-bond donors (Lipinski definition) is 1. The molecule has 1 atom stereocenters. The SMILES string of the molecule is Cc1ncsc1CN(C)C(=O)C1CNc2ccccc2C1. The molecule has 2 heterocycles. The molecule has 0 fully saturated rings. The third-order valence-corrected chi connectivity index (χ3v) is 4.89. The van der Waals surface area contributed by atoms with Crippen molar-refractivity contribution >= 4 is 22.9 Å². The number of nitrogens with one attached hydrogen (secondary N) is 1. The normalized spacial score (nSPS) is 17.0. The summed E-state index contributed by atoms with van der Waals surface area (Å²) in [5.74, 6) is 0.211. The molecule has 0 spiro atoms. The van der Waals surface area contributed by atoms with Crippen LogP contribution in [-0.2, 0) is 17.8 Å². The van der Waals surface area contributed by atoms with E-state index in [4.69, 9.17) is 0 Å². The smallest absolute Gasteiger partial charge is 0.227 e. The number of nitrogens with zero attached hydrogens (tertiary/aromatic N) is 2. The Bertz CT molecular complexity index is 652. The van der Waals surface area contributed by atoms with Crippen molar-refractivity contribution in [2.45, 2.75) is 19.9 Å². The number of amides is 1. The number of aryl methyl sites for hydroxylation is 1. The van der Waals surface area contributed by atoms with E-state index in [0.29, 0.717) is 13.1 Å². The molecular weight excluding hydrogens is 282 g/mol. The zero-order chi connectivity index (χ0) is 14.8. The van der Waals surface area contributed by atoms with E-state index in [0.717, 1.165) is 22.7 Å². The van der Waals surface area contributed by atoms with Crippen LogP contribution in [0.25, 0.3) is 0 Å². The summed E-state index contributed by atoms with van der Waals surface area (Å²) in [6, 6.07) is 8.21. The highest BCUT2D eigenvalue weighted by Gasteiger charge is 2.27. The topological polar surface area (TPSA) is 45.2 Å². The summed E-state index contributed by atoms with van der Waals surface area (Å²) in [6.07, 6.45) is 0.814. The van der Waals surface area contributed by atoms with Gasteiger partial charge in [-0.1, -0.05) is 18.2 Å².